The van der Waals surface area contributed by atoms with Crippen LogP contribution in [0.1, 0.15) is 5.56 Å². The minimum atomic E-state index is 0. The topological polar surface area (TPSA) is 59.1 Å². The quantitative estimate of drug-likeness (QED) is 0.199. The minimum absolute atomic E-state index is 0. The number of imidazole rings is 1. The molecule has 1 aliphatic heterocycles. The summed E-state index contributed by atoms with van der Waals surface area (Å²) in [6, 6.07) is 8.08. The number of likely N-dealkylation sites (N-methyl/N-ethyl adjacent to an activating group) is 1. The Balaban J connectivity index is 0.00000210. The fourth-order valence-corrected chi connectivity index (χ4v) is 3.68. The van der Waals surface area contributed by atoms with E-state index in [0.717, 1.165) is 46.7 Å². The lowest BCUT2D eigenvalue weighted by Crippen LogP contribution is -3.00. The Morgan fingerprint density at radius 1 is 1.22 bits per heavy atom. The van der Waals surface area contributed by atoms with E-state index in [4.69, 9.17) is 14.7 Å². The van der Waals surface area contributed by atoms with Gasteiger partial charge in [-0.1, -0.05) is 23.9 Å². The second-order valence-electron chi connectivity index (χ2n) is 6.28. The molecule has 0 radical (unpaired) electrons. The van der Waals surface area contributed by atoms with E-state index in [1.807, 2.05) is 23.7 Å². The number of hydrogen-bond acceptors (Lipinski definition) is 6. The largest absolute Gasteiger partial charge is 1.00 e. The molecule has 142 valence electrons. The average Bonchev–Trinajstić information content (AvgIpc) is 3.26. The van der Waals surface area contributed by atoms with Crippen molar-refractivity contribution in [2.45, 2.75) is 10.9 Å². The van der Waals surface area contributed by atoms with Gasteiger partial charge in [0, 0.05) is 12.8 Å². The Labute approximate surface area is 179 Å². The molecule has 0 atom stereocenters. The molecule has 0 N–H and O–H groups in total. The van der Waals surface area contributed by atoms with E-state index in [1.165, 1.54) is 5.56 Å². The first kappa shape index (κ1) is 19.9. The monoisotopic (exact) mass is 496 g/mol. The summed E-state index contributed by atoms with van der Waals surface area (Å²) in [7, 11) is 5.70. The maximum atomic E-state index is 5.21. The molecule has 0 saturated heterocycles. The van der Waals surface area contributed by atoms with Crippen LogP contribution in [0.5, 0.6) is 5.75 Å². The first-order chi connectivity index (χ1) is 12.6. The number of nitrogens with zero attached hydrogens (tertiary/aromatic N) is 6. The van der Waals surface area contributed by atoms with Crippen LogP contribution in [0.25, 0.3) is 11.2 Å². The Hall–Kier alpha value is -1.88. The Bertz CT molecular complexity index is 972. The van der Waals surface area contributed by atoms with Gasteiger partial charge < -0.3 is 33.3 Å². The number of halogens is 1. The first-order valence-electron chi connectivity index (χ1n) is 8.41. The van der Waals surface area contributed by atoms with Gasteiger partial charge >= 0.3 is 0 Å². The Morgan fingerprint density at radius 2 is 2.00 bits per heavy atom. The number of benzene rings is 1. The highest BCUT2D eigenvalue weighted by atomic mass is 127. The predicted molar refractivity (Wildman–Crippen MR) is 103 cm³/mol. The zero-order valence-corrected chi connectivity index (χ0v) is 18.4. The van der Waals surface area contributed by atoms with Crippen LogP contribution in [-0.4, -0.2) is 57.7 Å². The summed E-state index contributed by atoms with van der Waals surface area (Å²) in [5, 5.41) is 0.759. The first-order valence-corrected chi connectivity index (χ1v) is 9.39. The van der Waals surface area contributed by atoms with Gasteiger partial charge in [0.1, 0.15) is 18.8 Å². The maximum absolute atomic E-state index is 5.21. The predicted octanol–water partition coefficient (Wildman–Crippen LogP) is -0.841. The minimum Gasteiger partial charge on any atom is -1.00 e. The normalized spacial score (nSPS) is 13.6. The van der Waals surface area contributed by atoms with Gasteiger partial charge in [0.15, 0.2) is 16.3 Å². The van der Waals surface area contributed by atoms with Crippen LogP contribution in [-0.2, 0) is 12.8 Å². The van der Waals surface area contributed by atoms with Crippen LogP contribution in [0.15, 0.2) is 35.7 Å². The van der Waals surface area contributed by atoms with Crippen molar-refractivity contribution in [3.63, 3.8) is 0 Å². The SMILES string of the molecule is COc1ccc(CSc2nc(N3C=[N+](C)CC3)c3ncn(C)c3n2)cc1.[I-]. The van der Waals surface area contributed by atoms with Crippen molar-refractivity contribution >= 4 is 35.1 Å². The number of rotatable bonds is 5. The molecule has 3 aromatic rings. The molecule has 27 heavy (non-hydrogen) atoms. The number of anilines is 1. The summed E-state index contributed by atoms with van der Waals surface area (Å²) in [5.41, 5.74) is 2.90. The molecule has 0 bridgehead atoms. The number of hydrogen-bond donors (Lipinski definition) is 0. The van der Waals surface area contributed by atoms with Gasteiger partial charge in [-0.15, -0.1) is 0 Å². The van der Waals surface area contributed by atoms with Crippen molar-refractivity contribution in [1.29, 1.82) is 0 Å². The molecule has 0 spiro atoms. The zero-order valence-electron chi connectivity index (χ0n) is 15.5. The van der Waals surface area contributed by atoms with E-state index in [-0.39, 0.29) is 24.0 Å². The van der Waals surface area contributed by atoms with E-state index >= 15 is 0 Å². The fraction of sp³-hybridized carbons (Fsp3) is 0.333. The summed E-state index contributed by atoms with van der Waals surface area (Å²) in [6.45, 7) is 1.88. The molecule has 9 heteroatoms. The Kier molecular flexibility index (Phi) is 6.20. The standard InChI is InChI=1S/C18H21N6OS.HI/c1-22-8-9-24(12-22)17-15-16(23(2)11-19-15)20-18(21-17)26-10-13-4-6-14(25-3)7-5-13;/h4-7,11-12H,8-10H2,1-3H3;1H/q+1;/p-1. The molecule has 3 heterocycles. The van der Waals surface area contributed by atoms with Crippen molar-refractivity contribution in [1.82, 2.24) is 19.5 Å². The summed E-state index contributed by atoms with van der Waals surface area (Å²) in [4.78, 5) is 16.2. The zero-order chi connectivity index (χ0) is 18.1. The number of aryl methyl sites for hydroxylation is 1. The molecule has 4 rings (SSSR count). The molecule has 1 aromatic carbocycles. The molecule has 7 nitrogen and oxygen atoms in total. The third-order valence-electron chi connectivity index (χ3n) is 4.35. The second kappa shape index (κ2) is 8.42. The van der Waals surface area contributed by atoms with Crippen molar-refractivity contribution in [2.75, 3.05) is 32.1 Å². The summed E-state index contributed by atoms with van der Waals surface area (Å²) < 4.78 is 9.31. The number of methoxy groups -OCH3 is 1. The summed E-state index contributed by atoms with van der Waals surface area (Å²) in [6.07, 6.45) is 3.87. The third kappa shape index (κ3) is 4.18. The van der Waals surface area contributed by atoms with Crippen molar-refractivity contribution in [2.24, 2.45) is 7.05 Å². The van der Waals surface area contributed by atoms with E-state index < -0.39 is 0 Å². The van der Waals surface area contributed by atoms with Crippen LogP contribution < -0.4 is 33.6 Å². The van der Waals surface area contributed by atoms with Crippen LogP contribution in [0.2, 0.25) is 0 Å². The smallest absolute Gasteiger partial charge is 0.253 e. The average molecular weight is 496 g/mol. The maximum Gasteiger partial charge on any atom is 0.253 e. The molecular weight excluding hydrogens is 475 g/mol. The number of ether oxygens (including phenoxy) is 1. The molecule has 0 fully saturated rings. The number of thioether (sulfide) groups is 1. The van der Waals surface area contributed by atoms with Gasteiger partial charge in [-0.05, 0) is 17.7 Å². The van der Waals surface area contributed by atoms with Gasteiger partial charge in [-0.3, -0.25) is 4.58 Å². The third-order valence-corrected chi connectivity index (χ3v) is 5.27. The van der Waals surface area contributed by atoms with E-state index in [9.17, 15) is 0 Å². The van der Waals surface area contributed by atoms with Gasteiger partial charge in [0.05, 0.1) is 20.5 Å². The van der Waals surface area contributed by atoms with Crippen LogP contribution in [0.3, 0.4) is 0 Å². The molecule has 1 aliphatic rings. The highest BCUT2D eigenvalue weighted by Gasteiger charge is 2.26. The van der Waals surface area contributed by atoms with Gasteiger partial charge in [-0.25, -0.2) is 14.9 Å². The summed E-state index contributed by atoms with van der Waals surface area (Å²) >= 11 is 1.63. The van der Waals surface area contributed by atoms with Crippen LogP contribution in [0, 0.1) is 0 Å². The molecule has 0 saturated carbocycles. The number of fused-ring (bicyclic) bond motifs is 1. The van der Waals surface area contributed by atoms with E-state index in [0.29, 0.717) is 0 Å². The van der Waals surface area contributed by atoms with E-state index in [2.05, 4.69) is 40.0 Å². The van der Waals surface area contributed by atoms with E-state index in [1.54, 1.807) is 25.2 Å². The Morgan fingerprint density at radius 3 is 2.67 bits per heavy atom. The van der Waals surface area contributed by atoms with Crippen LogP contribution >= 0.6 is 11.8 Å². The number of aromatic nitrogens is 4. The second-order valence-corrected chi connectivity index (χ2v) is 7.23. The molecule has 0 unspecified atom stereocenters. The molecule has 2 aromatic heterocycles. The molecular formula is C18H21IN6OS. The van der Waals surface area contributed by atoms with Crippen molar-refractivity contribution in [3.05, 3.63) is 36.2 Å². The van der Waals surface area contributed by atoms with Crippen LogP contribution in [0.4, 0.5) is 5.82 Å². The summed E-state index contributed by atoms with van der Waals surface area (Å²) in [5.74, 6) is 2.54. The van der Waals surface area contributed by atoms with Crippen molar-refractivity contribution in [3.8, 4) is 5.75 Å². The lowest BCUT2D eigenvalue weighted by molar-refractivity contribution is -0.481. The molecule has 0 aliphatic carbocycles. The van der Waals surface area contributed by atoms with Crippen molar-refractivity contribution < 1.29 is 33.3 Å². The highest BCUT2D eigenvalue weighted by Crippen LogP contribution is 2.28. The lowest BCUT2D eigenvalue weighted by atomic mass is 10.2. The highest BCUT2D eigenvalue weighted by molar-refractivity contribution is 7.98. The fourth-order valence-electron chi connectivity index (χ4n) is 2.89. The van der Waals surface area contributed by atoms with Gasteiger partial charge in [0.2, 0.25) is 6.34 Å². The molecule has 0 amide bonds. The lowest BCUT2D eigenvalue weighted by Gasteiger charge is -2.08. The van der Waals surface area contributed by atoms with Gasteiger partial charge in [0.25, 0.3) is 5.82 Å². The van der Waals surface area contributed by atoms with Gasteiger partial charge in [-0.2, -0.15) is 4.98 Å².